The minimum absolute atomic E-state index is 0. The predicted molar refractivity (Wildman–Crippen MR) is 89.7 cm³/mol. The molecule has 1 N–H and O–H groups in total. The van der Waals surface area contributed by atoms with Crippen LogP contribution in [0.5, 0.6) is 0 Å². The Bertz CT molecular complexity index is 385. The largest absolute Gasteiger partial charge is 0.147 e. The average Bonchev–Trinajstić information content (AvgIpc) is 2.64. The van der Waals surface area contributed by atoms with E-state index in [0.29, 0.717) is 0 Å². The standard InChI is InChI=1S/C5H5.C4H10NO.5CH3.2ClH.Hf/c1-2-4-5-3-1;1-2-3-4-6-5;;;;;;;;/h1-3H,4H2;5H,2-4H2,1H3;5*1H3;2*1H;/q;-1;;;;;;;;+1. The molecule has 0 aromatic heterocycles. The first-order valence-corrected chi connectivity index (χ1v) is 28.5. The van der Waals surface area contributed by atoms with Crippen molar-refractivity contribution in [2.75, 3.05) is 6.61 Å². The summed E-state index contributed by atoms with van der Waals surface area (Å²) in [5.74, 6) is 0. The number of hydrogen-bond donors (Lipinski definition) is 1. The summed E-state index contributed by atoms with van der Waals surface area (Å²) in [6.45, 7) is 2.98. The van der Waals surface area contributed by atoms with Crippen LogP contribution in [-0.2, 0) is 20.7 Å². The number of allylic oxidation sites excluding steroid dienone is 4. The van der Waals surface area contributed by atoms with Crippen LogP contribution in [0.3, 0.4) is 0 Å². The van der Waals surface area contributed by atoms with E-state index in [2.05, 4.69) is 52.0 Å². The maximum Gasteiger partial charge on any atom is -0.147 e. The molecule has 0 unspecified atom stereocenters. The maximum atomic E-state index is 5.83. The Labute approximate surface area is 126 Å². The Morgan fingerprint density at radius 3 is 2.16 bits per heavy atom. The van der Waals surface area contributed by atoms with Gasteiger partial charge in [0.2, 0.25) is 0 Å². The monoisotopic (exact) mass is 480 g/mol. The Morgan fingerprint density at radius 1 is 1.16 bits per heavy atom. The summed E-state index contributed by atoms with van der Waals surface area (Å²) in [6.07, 6.45) is 10.0. The van der Waals surface area contributed by atoms with Crippen molar-refractivity contribution in [3.05, 3.63) is 21.6 Å². The molecular formula is C14H32Cl2HfNO. The molecule has 0 atom stereocenters. The summed E-state index contributed by atoms with van der Waals surface area (Å²) in [5.41, 5.74) is 0. The average molecular weight is 480 g/mol. The second-order valence-corrected chi connectivity index (χ2v) is 68.1. The van der Waals surface area contributed by atoms with Crippen LogP contribution in [0.1, 0.15) is 26.2 Å². The quantitative estimate of drug-likeness (QED) is 0.290. The number of halogens is 2. The van der Waals surface area contributed by atoms with Gasteiger partial charge in [0.25, 0.3) is 0 Å². The third kappa shape index (κ3) is 6.01. The molecule has 117 valence electrons. The van der Waals surface area contributed by atoms with Crippen molar-refractivity contribution < 1.29 is 20.7 Å². The molecule has 0 saturated heterocycles. The topological polar surface area (TPSA) is 21.3 Å². The molecule has 0 aromatic carbocycles. The molecule has 0 fully saturated rings. The number of nitrogens with one attached hydrogen (secondary N) is 1. The summed E-state index contributed by atoms with van der Waals surface area (Å²) in [5, 5.41) is 0. The first kappa shape index (κ1) is 22.1. The van der Waals surface area contributed by atoms with Crippen LogP contribution >= 0.6 is 24.8 Å². The van der Waals surface area contributed by atoms with Gasteiger partial charge in [-0.2, -0.15) is 0 Å². The second kappa shape index (κ2) is 5.24. The molecule has 0 aliphatic heterocycles. The molecule has 0 spiro atoms. The van der Waals surface area contributed by atoms with Crippen LogP contribution in [0.15, 0.2) is 21.6 Å². The molecule has 0 aromatic rings. The van der Waals surface area contributed by atoms with Crippen molar-refractivity contribution in [1.29, 1.82) is 0 Å². The number of hydrogen-bond acceptors (Lipinski definition) is 2. The molecule has 0 saturated carbocycles. The van der Waals surface area contributed by atoms with E-state index in [1.807, 2.05) is 0 Å². The van der Waals surface area contributed by atoms with E-state index in [0.717, 1.165) is 19.4 Å². The van der Waals surface area contributed by atoms with Crippen molar-refractivity contribution in [3.8, 4) is 0 Å². The third-order valence-electron chi connectivity index (χ3n) is 3.77. The Morgan fingerprint density at radius 2 is 1.74 bits per heavy atom. The van der Waals surface area contributed by atoms with Crippen molar-refractivity contribution in [1.82, 2.24) is 3.47 Å². The molecule has 1 aliphatic carbocycles. The van der Waals surface area contributed by atoms with E-state index < -0.39 is 15.9 Å². The van der Waals surface area contributed by atoms with E-state index in [-0.39, 0.29) is 24.8 Å². The third-order valence-corrected chi connectivity index (χ3v) is 22.3. The van der Waals surface area contributed by atoms with Crippen LogP contribution in [-0.4, -0.2) is 6.61 Å². The SMILES string of the molecule is CCCCO[NH][Hf]([CH3])([CH3])([CH3])([CH3])([CH3])[C]1=CC=CC1.Cl.Cl. The molecule has 1 aliphatic rings. The van der Waals surface area contributed by atoms with E-state index in [9.17, 15) is 0 Å². The van der Waals surface area contributed by atoms with Gasteiger partial charge in [-0.1, -0.05) is 0 Å². The fourth-order valence-corrected chi connectivity index (χ4v) is 14.0. The van der Waals surface area contributed by atoms with Gasteiger partial charge in [0.1, 0.15) is 0 Å². The van der Waals surface area contributed by atoms with E-state index in [1.165, 1.54) is 9.75 Å². The molecule has 19 heavy (non-hydrogen) atoms. The smallest absolute Gasteiger partial charge is 0.147 e. The van der Waals surface area contributed by atoms with Crippen molar-refractivity contribution in [2.24, 2.45) is 0 Å². The molecule has 0 amide bonds. The first-order valence-electron chi connectivity index (χ1n) is 6.92. The molecule has 1 rings (SSSR count). The summed E-state index contributed by atoms with van der Waals surface area (Å²) in [4.78, 5) is 5.83. The number of unbranched alkanes of at least 4 members (excludes halogenated alkanes) is 1. The van der Waals surface area contributed by atoms with Gasteiger partial charge in [0, 0.05) is 0 Å². The molecule has 0 radical (unpaired) electrons. The Balaban J connectivity index is 0. The summed E-state index contributed by atoms with van der Waals surface area (Å²) >= 11 is -4.11. The summed E-state index contributed by atoms with van der Waals surface area (Å²) in [7, 11) is 0. The molecule has 2 nitrogen and oxygen atoms in total. The summed E-state index contributed by atoms with van der Waals surface area (Å²) in [6, 6.07) is 0. The minimum atomic E-state index is -4.11. The summed E-state index contributed by atoms with van der Waals surface area (Å²) < 4.78 is 17.1. The zero-order valence-corrected chi connectivity index (χ0v) is 18.5. The number of rotatable bonds is 6. The van der Waals surface area contributed by atoms with E-state index in [1.54, 1.807) is 0 Å². The van der Waals surface area contributed by atoms with Gasteiger partial charge in [-0.3, -0.25) is 0 Å². The van der Waals surface area contributed by atoms with Crippen molar-refractivity contribution >= 4 is 24.8 Å². The zero-order chi connectivity index (χ0) is 13.3. The molecule has 5 heteroatoms. The fourth-order valence-electron chi connectivity index (χ4n) is 2.20. The van der Waals surface area contributed by atoms with Crippen LogP contribution < -0.4 is 3.47 Å². The molecule has 0 bridgehead atoms. The van der Waals surface area contributed by atoms with Crippen molar-refractivity contribution in [3.63, 3.8) is 0 Å². The van der Waals surface area contributed by atoms with Gasteiger partial charge in [-0.05, 0) is 0 Å². The van der Waals surface area contributed by atoms with Crippen molar-refractivity contribution in [2.45, 2.75) is 49.6 Å². The molecular weight excluding hydrogens is 448 g/mol. The van der Waals surface area contributed by atoms with Gasteiger partial charge in [-0.25, -0.2) is 0 Å². The fraction of sp³-hybridized carbons (Fsp3) is 0.714. The second-order valence-electron chi connectivity index (χ2n) is 10.3. The van der Waals surface area contributed by atoms with Gasteiger partial charge < -0.3 is 0 Å². The predicted octanol–water partition coefficient (Wildman–Crippen LogP) is 5.91. The Hall–Kier alpha value is 0.850. The van der Waals surface area contributed by atoms with Crippen LogP contribution in [0, 0.1) is 0 Å². The Kier molecular flexibility index (Phi) is 6.11. The van der Waals surface area contributed by atoms with E-state index in [4.69, 9.17) is 4.84 Å². The van der Waals surface area contributed by atoms with Crippen LogP contribution in [0.2, 0.25) is 23.4 Å². The first-order chi connectivity index (χ1) is 7.40. The van der Waals surface area contributed by atoms with Gasteiger partial charge in [-0.15, -0.1) is 24.8 Å². The van der Waals surface area contributed by atoms with Gasteiger partial charge in [0.15, 0.2) is 0 Å². The van der Waals surface area contributed by atoms with Crippen LogP contribution in [0.4, 0.5) is 0 Å². The van der Waals surface area contributed by atoms with Crippen LogP contribution in [0.25, 0.3) is 0 Å². The van der Waals surface area contributed by atoms with Gasteiger partial charge >= 0.3 is 102 Å². The molecule has 0 heterocycles. The zero-order valence-electron chi connectivity index (χ0n) is 13.3. The normalized spacial score (nSPS) is 20.1. The maximum absolute atomic E-state index is 5.83. The minimum Gasteiger partial charge on any atom is -0.147 e. The van der Waals surface area contributed by atoms with Gasteiger partial charge in [0.05, 0.1) is 0 Å². The van der Waals surface area contributed by atoms with E-state index >= 15 is 0 Å².